The third kappa shape index (κ3) is 5.55. The minimum absolute atomic E-state index is 0.00757. The molecule has 0 aliphatic carbocycles. The number of amides is 1. The number of nitrogens with one attached hydrogen (secondary N) is 1. The van der Waals surface area contributed by atoms with Crippen LogP contribution in [0.1, 0.15) is 30.5 Å². The molecule has 11 heteroatoms. The smallest absolute Gasteiger partial charge is 0.374 e. The van der Waals surface area contributed by atoms with Gasteiger partial charge in [-0.05, 0) is 49.7 Å². The van der Waals surface area contributed by atoms with Crippen LogP contribution in [0.4, 0.5) is 18.9 Å². The van der Waals surface area contributed by atoms with Crippen LogP contribution in [0.3, 0.4) is 0 Å². The van der Waals surface area contributed by atoms with Crippen molar-refractivity contribution >= 4 is 33.0 Å². The van der Waals surface area contributed by atoms with E-state index in [0.717, 1.165) is 12.1 Å². The second kappa shape index (κ2) is 8.86. The SMILES string of the molecule is CC(C)S(=O)(=O)CC(O)(C(=O)Nc1ccc(C#N)c(Cl)c1)c1ccc(C(F)(F)F)cc1. The topological polar surface area (TPSA) is 107 Å². The van der Waals surface area contributed by atoms with Gasteiger partial charge in [0.1, 0.15) is 6.07 Å². The van der Waals surface area contributed by atoms with Gasteiger partial charge in [-0.15, -0.1) is 0 Å². The van der Waals surface area contributed by atoms with E-state index >= 15 is 0 Å². The minimum atomic E-state index is -4.65. The highest BCUT2D eigenvalue weighted by Gasteiger charge is 2.44. The quantitative estimate of drug-likeness (QED) is 0.660. The zero-order valence-corrected chi connectivity index (χ0v) is 17.9. The number of nitriles is 1. The molecule has 31 heavy (non-hydrogen) atoms. The molecule has 0 bridgehead atoms. The zero-order chi connectivity index (χ0) is 23.6. The second-order valence-electron chi connectivity index (χ2n) is 7.05. The van der Waals surface area contributed by atoms with Crippen LogP contribution in [0.15, 0.2) is 42.5 Å². The molecule has 0 saturated carbocycles. The lowest BCUT2D eigenvalue weighted by atomic mass is 9.93. The number of carbonyl (C=O) groups is 1. The number of sulfone groups is 1. The molecule has 0 saturated heterocycles. The van der Waals surface area contributed by atoms with Crippen LogP contribution in [0, 0.1) is 11.3 Å². The molecule has 0 spiro atoms. The fourth-order valence-corrected chi connectivity index (χ4v) is 4.03. The van der Waals surface area contributed by atoms with Crippen LogP contribution in [0.5, 0.6) is 0 Å². The average molecular weight is 475 g/mol. The summed E-state index contributed by atoms with van der Waals surface area (Å²) in [6.07, 6.45) is -4.65. The molecular formula is C20H18ClF3N2O4S. The number of alkyl halides is 3. The van der Waals surface area contributed by atoms with Crippen molar-refractivity contribution in [3.8, 4) is 6.07 Å². The maximum Gasteiger partial charge on any atom is 0.416 e. The monoisotopic (exact) mass is 474 g/mol. The van der Waals surface area contributed by atoms with Crippen LogP contribution >= 0.6 is 11.6 Å². The van der Waals surface area contributed by atoms with Gasteiger partial charge in [0.05, 0.1) is 27.2 Å². The third-order valence-electron chi connectivity index (χ3n) is 4.54. The largest absolute Gasteiger partial charge is 0.416 e. The first-order valence-electron chi connectivity index (χ1n) is 8.83. The molecule has 0 heterocycles. The zero-order valence-electron chi connectivity index (χ0n) is 16.4. The van der Waals surface area contributed by atoms with Gasteiger partial charge in [0.15, 0.2) is 15.4 Å². The van der Waals surface area contributed by atoms with Crippen molar-refractivity contribution in [1.29, 1.82) is 5.26 Å². The summed E-state index contributed by atoms with van der Waals surface area (Å²) in [5.41, 5.74) is -3.86. The number of rotatable bonds is 6. The highest BCUT2D eigenvalue weighted by Crippen LogP contribution is 2.33. The van der Waals surface area contributed by atoms with Crippen LogP contribution in [0.2, 0.25) is 5.02 Å². The van der Waals surface area contributed by atoms with Crippen molar-refractivity contribution < 1.29 is 31.5 Å². The van der Waals surface area contributed by atoms with Gasteiger partial charge in [-0.1, -0.05) is 23.7 Å². The van der Waals surface area contributed by atoms with E-state index in [4.69, 9.17) is 16.9 Å². The van der Waals surface area contributed by atoms with Crippen molar-refractivity contribution in [2.24, 2.45) is 0 Å². The van der Waals surface area contributed by atoms with Gasteiger partial charge in [0.2, 0.25) is 0 Å². The lowest BCUT2D eigenvalue weighted by Crippen LogP contribution is -2.47. The summed E-state index contributed by atoms with van der Waals surface area (Å²) >= 11 is 5.91. The van der Waals surface area contributed by atoms with E-state index in [1.54, 1.807) is 0 Å². The average Bonchev–Trinajstić information content (AvgIpc) is 2.67. The first-order chi connectivity index (χ1) is 14.2. The Morgan fingerprint density at radius 2 is 1.71 bits per heavy atom. The van der Waals surface area contributed by atoms with E-state index in [0.29, 0.717) is 12.1 Å². The number of hydrogen-bond acceptors (Lipinski definition) is 5. The van der Waals surface area contributed by atoms with Crippen LogP contribution in [-0.4, -0.2) is 30.4 Å². The summed E-state index contributed by atoms with van der Waals surface area (Å²) in [5, 5.41) is 21.4. The van der Waals surface area contributed by atoms with E-state index in [2.05, 4.69) is 5.32 Å². The third-order valence-corrected chi connectivity index (χ3v) is 7.11. The van der Waals surface area contributed by atoms with Crippen molar-refractivity contribution in [2.45, 2.75) is 30.9 Å². The molecule has 2 aromatic carbocycles. The predicted molar refractivity (Wildman–Crippen MR) is 109 cm³/mol. The fraction of sp³-hybridized carbons (Fsp3) is 0.300. The molecule has 0 aliphatic heterocycles. The van der Waals surface area contributed by atoms with Gasteiger partial charge >= 0.3 is 6.18 Å². The molecule has 2 N–H and O–H groups in total. The maximum atomic E-state index is 12.9. The van der Waals surface area contributed by atoms with Gasteiger partial charge in [-0.3, -0.25) is 4.79 Å². The van der Waals surface area contributed by atoms with Crippen molar-refractivity contribution in [3.63, 3.8) is 0 Å². The molecule has 2 aromatic rings. The number of hydrogen-bond donors (Lipinski definition) is 2. The standard InChI is InChI=1S/C20H18ClF3N2O4S/c1-12(2)31(29,30)11-19(28,14-4-6-15(7-5-14)20(22,23)24)18(27)26-16-8-3-13(10-25)17(21)9-16/h3-9,12,28H,11H2,1-2H3,(H,26,27). The number of aliphatic hydroxyl groups is 1. The fourth-order valence-electron chi connectivity index (χ4n) is 2.59. The molecule has 1 atom stereocenters. The Labute approximate surface area is 182 Å². The van der Waals surface area contributed by atoms with E-state index < -0.39 is 44.1 Å². The molecule has 0 aromatic heterocycles. The summed E-state index contributed by atoms with van der Waals surface area (Å²) in [5.74, 6) is -2.24. The molecule has 1 amide bonds. The lowest BCUT2D eigenvalue weighted by Gasteiger charge is -2.28. The summed E-state index contributed by atoms with van der Waals surface area (Å²) in [7, 11) is -4.00. The minimum Gasteiger partial charge on any atom is -0.374 e. The van der Waals surface area contributed by atoms with Gasteiger partial charge in [0, 0.05) is 5.69 Å². The Bertz CT molecular complexity index is 1130. The van der Waals surface area contributed by atoms with Crippen LogP contribution in [0.25, 0.3) is 0 Å². The molecule has 0 fully saturated rings. The molecular weight excluding hydrogens is 457 g/mol. The molecule has 6 nitrogen and oxygen atoms in total. The summed E-state index contributed by atoms with van der Waals surface area (Å²) < 4.78 is 63.5. The molecule has 166 valence electrons. The Kier molecular flexibility index (Phi) is 7.05. The summed E-state index contributed by atoms with van der Waals surface area (Å²) in [6, 6.07) is 8.67. The number of benzene rings is 2. The Balaban J connectivity index is 2.50. The molecule has 2 rings (SSSR count). The van der Waals surface area contributed by atoms with E-state index in [-0.39, 0.29) is 21.8 Å². The Morgan fingerprint density at radius 3 is 2.16 bits per heavy atom. The van der Waals surface area contributed by atoms with Crippen molar-refractivity contribution in [1.82, 2.24) is 0 Å². The molecule has 0 radical (unpaired) electrons. The van der Waals surface area contributed by atoms with Gasteiger partial charge in [-0.25, -0.2) is 8.42 Å². The molecule has 1 unspecified atom stereocenters. The van der Waals surface area contributed by atoms with Crippen molar-refractivity contribution in [3.05, 3.63) is 64.2 Å². The first kappa shape index (κ1) is 24.7. The van der Waals surface area contributed by atoms with E-state index in [1.807, 2.05) is 6.07 Å². The highest BCUT2D eigenvalue weighted by atomic mass is 35.5. The second-order valence-corrected chi connectivity index (χ2v) is 10.0. The van der Waals surface area contributed by atoms with E-state index in [1.165, 1.54) is 32.0 Å². The van der Waals surface area contributed by atoms with Crippen LogP contribution < -0.4 is 5.32 Å². The first-order valence-corrected chi connectivity index (χ1v) is 10.9. The Morgan fingerprint density at radius 1 is 1.16 bits per heavy atom. The summed E-state index contributed by atoms with van der Waals surface area (Å²) in [6.45, 7) is 2.70. The number of anilines is 1. The number of carbonyl (C=O) groups excluding carboxylic acids is 1. The Hall–Kier alpha value is -2.61. The van der Waals surface area contributed by atoms with Gasteiger partial charge in [0.25, 0.3) is 5.91 Å². The normalized spacial score (nSPS) is 14.0. The van der Waals surface area contributed by atoms with Crippen molar-refractivity contribution in [2.75, 3.05) is 11.1 Å². The maximum absolute atomic E-state index is 12.9. The van der Waals surface area contributed by atoms with Gasteiger partial charge < -0.3 is 10.4 Å². The number of halogens is 4. The molecule has 0 aliphatic rings. The lowest BCUT2D eigenvalue weighted by molar-refractivity contribution is -0.137. The highest BCUT2D eigenvalue weighted by molar-refractivity contribution is 7.92. The predicted octanol–water partition coefficient (Wildman–Crippen LogP) is 3.88. The number of nitrogens with zero attached hydrogens (tertiary/aromatic N) is 1. The summed E-state index contributed by atoms with van der Waals surface area (Å²) in [4.78, 5) is 12.9. The van der Waals surface area contributed by atoms with Gasteiger partial charge in [-0.2, -0.15) is 18.4 Å². The van der Waals surface area contributed by atoms with E-state index in [9.17, 15) is 31.5 Å². The van der Waals surface area contributed by atoms with Crippen LogP contribution in [-0.2, 0) is 26.4 Å².